The van der Waals surface area contributed by atoms with Gasteiger partial charge in [-0.2, -0.15) is 0 Å². The first-order valence-corrected chi connectivity index (χ1v) is 11.4. The van der Waals surface area contributed by atoms with Crippen molar-refractivity contribution < 1.29 is 0 Å². The Bertz CT molecular complexity index is 170. The van der Waals surface area contributed by atoms with Crippen LogP contribution in [0.5, 0.6) is 0 Å². The minimum atomic E-state index is 0. The molecule has 142 valence electrons. The van der Waals surface area contributed by atoms with Gasteiger partial charge in [0.05, 0.1) is 0 Å². The zero-order chi connectivity index (χ0) is 16.8. The zero-order valence-electron chi connectivity index (χ0n) is 16.8. The third-order valence-corrected chi connectivity index (χ3v) is 5.21. The second kappa shape index (κ2) is 26.9. The number of unbranched alkanes of at least 4 members (excludes halogenated alkanes) is 20. The Morgan fingerprint density at radius 1 is 0.250 bits per heavy atom. The third-order valence-electron chi connectivity index (χ3n) is 5.21. The number of hydrogen-bond donors (Lipinski definition) is 0. The molecule has 0 aliphatic carbocycles. The van der Waals surface area contributed by atoms with E-state index in [9.17, 15) is 0 Å². The summed E-state index contributed by atoms with van der Waals surface area (Å²) in [4.78, 5) is 0. The second-order valence-corrected chi connectivity index (χ2v) is 7.72. The monoisotopic (exact) mass is 364 g/mol. The summed E-state index contributed by atoms with van der Waals surface area (Å²) in [7, 11) is 0. The van der Waals surface area contributed by atoms with Gasteiger partial charge in [-0.3, -0.25) is 0 Å². The fourth-order valence-electron chi connectivity index (χ4n) is 3.51. The van der Waals surface area contributed by atoms with Crippen molar-refractivity contribution in [3.63, 3.8) is 0 Å². The molecule has 0 aliphatic heterocycles. The maximum atomic E-state index is 2.30. The van der Waals surface area contributed by atoms with Crippen LogP contribution in [0, 0.1) is 0 Å². The van der Waals surface area contributed by atoms with Crippen molar-refractivity contribution >= 4 is 51.4 Å². The van der Waals surface area contributed by atoms with Crippen LogP contribution in [-0.2, 0) is 0 Å². The molecule has 0 aromatic rings. The molecule has 0 radical (unpaired) electrons. The maximum absolute atomic E-state index is 2.30. The Hall–Kier alpha value is 1.64. The van der Waals surface area contributed by atoms with Gasteiger partial charge in [0.25, 0.3) is 0 Å². The Kier molecular flexibility index (Phi) is 31.2. The van der Waals surface area contributed by atoms with E-state index in [1.165, 1.54) is 135 Å². The standard InChI is InChI=1S/C23H48.K.H/c1-3-5-7-9-11-13-15-17-19-21-23-22-20-18-16-14-12-10-8-6-4-2;;/h3-23H2,1-2H3;;. The molecule has 0 aromatic heterocycles. The van der Waals surface area contributed by atoms with Gasteiger partial charge in [-0.1, -0.05) is 149 Å². The summed E-state index contributed by atoms with van der Waals surface area (Å²) in [5.41, 5.74) is 0. The minimum absolute atomic E-state index is 0. The van der Waals surface area contributed by atoms with E-state index in [-0.39, 0.29) is 51.4 Å². The van der Waals surface area contributed by atoms with Gasteiger partial charge in [-0.15, -0.1) is 0 Å². The van der Waals surface area contributed by atoms with Crippen LogP contribution in [0.4, 0.5) is 0 Å². The average Bonchev–Trinajstić information content (AvgIpc) is 2.57. The Balaban J connectivity index is 0. The van der Waals surface area contributed by atoms with Crippen LogP contribution in [0.15, 0.2) is 0 Å². The number of hydrogen-bond acceptors (Lipinski definition) is 0. The first kappa shape index (κ1) is 27.9. The van der Waals surface area contributed by atoms with Crippen molar-refractivity contribution in [2.45, 2.75) is 149 Å². The van der Waals surface area contributed by atoms with E-state index < -0.39 is 0 Å². The summed E-state index contributed by atoms with van der Waals surface area (Å²) in [5.74, 6) is 0. The first-order valence-electron chi connectivity index (χ1n) is 11.4. The second-order valence-electron chi connectivity index (χ2n) is 7.72. The van der Waals surface area contributed by atoms with Crippen LogP contribution >= 0.6 is 0 Å². The third kappa shape index (κ3) is 25.9. The van der Waals surface area contributed by atoms with Crippen LogP contribution in [0.25, 0.3) is 0 Å². The molecule has 0 aromatic carbocycles. The SMILES string of the molecule is CCCCCCCCCCCCCCCCCCCCCCC.[KH]. The molecular formula is C23H49K. The molecule has 1 heteroatoms. The summed E-state index contributed by atoms with van der Waals surface area (Å²) in [6.45, 7) is 4.60. The zero-order valence-corrected chi connectivity index (χ0v) is 16.8. The predicted molar refractivity (Wildman–Crippen MR) is 115 cm³/mol. The summed E-state index contributed by atoms with van der Waals surface area (Å²) in [6.07, 6.45) is 30.9. The molecule has 0 saturated heterocycles. The van der Waals surface area contributed by atoms with Gasteiger partial charge >= 0.3 is 51.4 Å². The van der Waals surface area contributed by atoms with E-state index in [0.717, 1.165) is 0 Å². The Morgan fingerprint density at radius 3 is 0.500 bits per heavy atom. The van der Waals surface area contributed by atoms with Gasteiger partial charge in [-0.25, -0.2) is 0 Å². The van der Waals surface area contributed by atoms with Crippen LogP contribution < -0.4 is 0 Å². The number of rotatable bonds is 20. The predicted octanol–water partition coefficient (Wildman–Crippen LogP) is 8.57. The normalized spacial score (nSPS) is 10.8. The Labute approximate surface area is 198 Å². The van der Waals surface area contributed by atoms with Crippen molar-refractivity contribution in [1.29, 1.82) is 0 Å². The van der Waals surface area contributed by atoms with Crippen molar-refractivity contribution in [2.24, 2.45) is 0 Å². The summed E-state index contributed by atoms with van der Waals surface area (Å²) in [6, 6.07) is 0. The van der Waals surface area contributed by atoms with Gasteiger partial charge < -0.3 is 0 Å². The van der Waals surface area contributed by atoms with E-state index in [1.807, 2.05) is 0 Å². The first-order chi connectivity index (χ1) is 11.4. The van der Waals surface area contributed by atoms with Gasteiger partial charge in [0.2, 0.25) is 0 Å². The molecule has 0 nitrogen and oxygen atoms in total. The van der Waals surface area contributed by atoms with Crippen LogP contribution in [-0.4, -0.2) is 51.4 Å². The molecule has 0 spiro atoms. The summed E-state index contributed by atoms with van der Waals surface area (Å²) in [5, 5.41) is 0. The van der Waals surface area contributed by atoms with Gasteiger partial charge in [0.1, 0.15) is 0 Å². The molecule has 0 amide bonds. The molecule has 0 unspecified atom stereocenters. The van der Waals surface area contributed by atoms with Crippen LogP contribution in [0.2, 0.25) is 0 Å². The quantitative estimate of drug-likeness (QED) is 0.150. The van der Waals surface area contributed by atoms with E-state index >= 15 is 0 Å². The van der Waals surface area contributed by atoms with Crippen molar-refractivity contribution in [3.05, 3.63) is 0 Å². The molecule has 0 bridgehead atoms. The van der Waals surface area contributed by atoms with Crippen molar-refractivity contribution in [1.82, 2.24) is 0 Å². The Morgan fingerprint density at radius 2 is 0.375 bits per heavy atom. The van der Waals surface area contributed by atoms with Gasteiger partial charge in [0, 0.05) is 0 Å². The molecule has 24 heavy (non-hydrogen) atoms. The molecule has 0 atom stereocenters. The topological polar surface area (TPSA) is 0 Å². The van der Waals surface area contributed by atoms with Gasteiger partial charge in [0.15, 0.2) is 0 Å². The van der Waals surface area contributed by atoms with Crippen molar-refractivity contribution in [3.8, 4) is 0 Å². The van der Waals surface area contributed by atoms with E-state index in [1.54, 1.807) is 0 Å². The fraction of sp³-hybridized carbons (Fsp3) is 1.00. The van der Waals surface area contributed by atoms with E-state index in [0.29, 0.717) is 0 Å². The van der Waals surface area contributed by atoms with Crippen LogP contribution in [0.1, 0.15) is 149 Å². The molecule has 0 fully saturated rings. The summed E-state index contributed by atoms with van der Waals surface area (Å²) < 4.78 is 0. The molecule has 0 heterocycles. The molecule has 0 saturated carbocycles. The molecule has 0 N–H and O–H groups in total. The van der Waals surface area contributed by atoms with Crippen molar-refractivity contribution in [2.75, 3.05) is 0 Å². The molecule has 0 rings (SSSR count). The molecule has 0 aliphatic rings. The average molecular weight is 365 g/mol. The molecular weight excluding hydrogens is 315 g/mol. The fourth-order valence-corrected chi connectivity index (χ4v) is 3.51. The van der Waals surface area contributed by atoms with Crippen LogP contribution in [0.3, 0.4) is 0 Å². The van der Waals surface area contributed by atoms with E-state index in [4.69, 9.17) is 0 Å². The van der Waals surface area contributed by atoms with E-state index in [2.05, 4.69) is 13.8 Å². The summed E-state index contributed by atoms with van der Waals surface area (Å²) >= 11 is 0. The van der Waals surface area contributed by atoms with Gasteiger partial charge in [-0.05, 0) is 0 Å².